The van der Waals surface area contributed by atoms with Crippen molar-refractivity contribution in [2.24, 2.45) is 4.99 Å². The number of pyridine rings is 1. The van der Waals surface area contributed by atoms with Crippen LogP contribution >= 0.6 is 11.6 Å². The van der Waals surface area contributed by atoms with Crippen molar-refractivity contribution in [3.05, 3.63) is 83.4 Å². The monoisotopic (exact) mass is 546 g/mol. The van der Waals surface area contributed by atoms with Gasteiger partial charge in [-0.05, 0) is 57.4 Å². The minimum Gasteiger partial charge on any atom is -0.368 e. The molecule has 0 radical (unpaired) electrons. The van der Waals surface area contributed by atoms with Crippen LogP contribution in [0.2, 0.25) is 5.02 Å². The number of aromatic nitrogens is 1. The number of allylic oxidation sites excluding steroid dienone is 1. The molecule has 1 aromatic heterocycles. The molecule has 4 rings (SSSR count). The van der Waals surface area contributed by atoms with Crippen molar-refractivity contribution in [1.82, 2.24) is 25.4 Å². The maximum Gasteiger partial charge on any atom is 0.317 e. The maximum absolute atomic E-state index is 13.6. The Kier molecular flexibility index (Phi) is 9.19. The molecule has 3 amide bonds. The molecule has 0 saturated carbocycles. The first kappa shape index (κ1) is 28.1. The van der Waals surface area contributed by atoms with E-state index in [2.05, 4.69) is 22.2 Å². The minimum absolute atomic E-state index is 0.0264. The third kappa shape index (κ3) is 6.40. The van der Waals surface area contributed by atoms with Crippen molar-refractivity contribution in [2.45, 2.75) is 39.7 Å². The first-order chi connectivity index (χ1) is 18.9. The second kappa shape index (κ2) is 12.8. The third-order valence-corrected chi connectivity index (χ3v) is 7.21. The summed E-state index contributed by atoms with van der Waals surface area (Å²) in [5.41, 5.74) is 3.88. The number of amidine groups is 1. The highest BCUT2D eigenvalue weighted by Gasteiger charge is 2.31. The van der Waals surface area contributed by atoms with Gasteiger partial charge in [0.05, 0.1) is 0 Å². The van der Waals surface area contributed by atoms with Crippen LogP contribution < -0.4 is 10.6 Å². The number of amides is 3. The molecule has 0 bridgehead atoms. The molecular weight excluding hydrogens is 512 g/mol. The maximum atomic E-state index is 13.6. The summed E-state index contributed by atoms with van der Waals surface area (Å²) in [6.07, 6.45) is 8.88. The summed E-state index contributed by atoms with van der Waals surface area (Å²) in [5.74, 6) is 0.873. The molecule has 8 nitrogen and oxygen atoms in total. The van der Waals surface area contributed by atoms with Crippen molar-refractivity contribution in [3.8, 4) is 11.1 Å². The lowest BCUT2D eigenvalue weighted by Crippen LogP contribution is -2.48. The van der Waals surface area contributed by atoms with Crippen LogP contribution in [0, 0.1) is 0 Å². The highest BCUT2D eigenvalue weighted by molar-refractivity contribution is 6.37. The van der Waals surface area contributed by atoms with Gasteiger partial charge in [-0.1, -0.05) is 42.5 Å². The van der Waals surface area contributed by atoms with Crippen LogP contribution in [0.15, 0.2) is 77.8 Å². The molecule has 0 unspecified atom stereocenters. The number of halogens is 1. The van der Waals surface area contributed by atoms with Crippen LogP contribution in [0.3, 0.4) is 0 Å². The van der Waals surface area contributed by atoms with Gasteiger partial charge in [-0.3, -0.25) is 14.7 Å². The molecule has 2 aliphatic rings. The van der Waals surface area contributed by atoms with E-state index in [0.29, 0.717) is 54.0 Å². The number of rotatable bonds is 7. The fourth-order valence-corrected chi connectivity index (χ4v) is 5.12. The SMILES string of the molecule is C=C(/N=C1\C(=C/C)C=C(c2ccc(-c3cccnc3)cc2Cl)C(=O)N1CC)NC1CCN(C(=O)NCC)CC1. The molecule has 2 aromatic rings. The predicted octanol–water partition coefficient (Wildman–Crippen LogP) is 5.25. The first-order valence-corrected chi connectivity index (χ1v) is 13.7. The Bertz CT molecular complexity index is 1330. The molecule has 9 heteroatoms. The summed E-state index contributed by atoms with van der Waals surface area (Å²) in [6, 6.07) is 9.66. The molecule has 2 aliphatic heterocycles. The Hall–Kier alpha value is -3.91. The molecule has 1 fully saturated rings. The molecule has 2 N–H and O–H groups in total. The summed E-state index contributed by atoms with van der Waals surface area (Å²) in [4.78, 5) is 38.1. The number of benzene rings is 1. The summed E-state index contributed by atoms with van der Waals surface area (Å²) in [7, 11) is 0. The van der Waals surface area contributed by atoms with E-state index in [9.17, 15) is 9.59 Å². The topological polar surface area (TPSA) is 89.9 Å². The normalized spacial score (nSPS) is 18.4. The van der Waals surface area contributed by atoms with E-state index in [0.717, 1.165) is 29.5 Å². The Labute approximate surface area is 235 Å². The molecule has 1 aromatic carbocycles. The van der Waals surface area contributed by atoms with Crippen LogP contribution in [0.1, 0.15) is 39.2 Å². The second-order valence-electron chi connectivity index (χ2n) is 9.41. The molecule has 204 valence electrons. The molecule has 0 atom stereocenters. The van der Waals surface area contributed by atoms with Gasteiger partial charge in [0.1, 0.15) is 11.7 Å². The van der Waals surface area contributed by atoms with Crippen molar-refractivity contribution in [1.29, 1.82) is 0 Å². The highest BCUT2D eigenvalue weighted by atomic mass is 35.5. The van der Waals surface area contributed by atoms with Gasteiger partial charge in [-0.25, -0.2) is 9.79 Å². The van der Waals surface area contributed by atoms with Gasteiger partial charge in [0.15, 0.2) is 0 Å². The fraction of sp³-hybridized carbons (Fsp3) is 0.333. The van der Waals surface area contributed by atoms with Crippen LogP contribution in [0.5, 0.6) is 0 Å². The van der Waals surface area contributed by atoms with Crippen LogP contribution in [-0.2, 0) is 4.79 Å². The van der Waals surface area contributed by atoms with Crippen molar-refractivity contribution in [3.63, 3.8) is 0 Å². The number of carbonyl (C=O) groups excluding carboxylic acids is 2. The molecule has 0 spiro atoms. The number of nitrogens with one attached hydrogen (secondary N) is 2. The number of piperidine rings is 1. The summed E-state index contributed by atoms with van der Waals surface area (Å²) >= 11 is 6.70. The number of carbonyl (C=O) groups is 2. The van der Waals surface area contributed by atoms with E-state index in [-0.39, 0.29) is 18.0 Å². The van der Waals surface area contributed by atoms with Crippen molar-refractivity contribution < 1.29 is 9.59 Å². The Morgan fingerprint density at radius 3 is 2.62 bits per heavy atom. The lowest BCUT2D eigenvalue weighted by molar-refractivity contribution is -0.121. The number of aliphatic imine (C=N–C) groups is 1. The van der Waals surface area contributed by atoms with Crippen molar-refractivity contribution in [2.75, 3.05) is 26.2 Å². The van der Waals surface area contributed by atoms with Gasteiger partial charge in [-0.15, -0.1) is 0 Å². The highest BCUT2D eigenvalue weighted by Crippen LogP contribution is 2.34. The predicted molar refractivity (Wildman–Crippen MR) is 157 cm³/mol. The Morgan fingerprint density at radius 2 is 2.00 bits per heavy atom. The van der Waals surface area contributed by atoms with E-state index in [1.54, 1.807) is 17.3 Å². The average molecular weight is 547 g/mol. The van der Waals surface area contributed by atoms with Gasteiger partial charge in [0, 0.05) is 71.9 Å². The van der Waals surface area contributed by atoms with Gasteiger partial charge >= 0.3 is 6.03 Å². The first-order valence-electron chi connectivity index (χ1n) is 13.3. The minimum atomic E-state index is -0.166. The molecule has 39 heavy (non-hydrogen) atoms. The lowest BCUT2D eigenvalue weighted by Gasteiger charge is -2.33. The molecule has 1 saturated heterocycles. The number of likely N-dealkylation sites (tertiary alicyclic amines) is 1. The van der Waals surface area contributed by atoms with Crippen LogP contribution in [0.4, 0.5) is 4.79 Å². The fourth-order valence-electron chi connectivity index (χ4n) is 4.84. The second-order valence-corrected chi connectivity index (χ2v) is 9.82. The number of likely N-dealkylation sites (N-methyl/N-ethyl adjacent to an activating group) is 1. The number of nitrogens with zero attached hydrogens (tertiary/aromatic N) is 4. The summed E-state index contributed by atoms with van der Waals surface area (Å²) < 4.78 is 0. The van der Waals surface area contributed by atoms with E-state index in [4.69, 9.17) is 16.6 Å². The number of hydrogen-bond donors (Lipinski definition) is 2. The van der Waals surface area contributed by atoms with E-state index >= 15 is 0 Å². The van der Waals surface area contributed by atoms with E-state index in [1.165, 1.54) is 0 Å². The van der Waals surface area contributed by atoms with Gasteiger partial charge in [0.2, 0.25) is 0 Å². The van der Waals surface area contributed by atoms with Crippen molar-refractivity contribution >= 4 is 34.9 Å². The molecule has 3 heterocycles. The largest absolute Gasteiger partial charge is 0.368 e. The summed E-state index contributed by atoms with van der Waals surface area (Å²) in [6.45, 7) is 12.3. The number of urea groups is 1. The Balaban J connectivity index is 1.53. The van der Waals surface area contributed by atoms with Gasteiger partial charge in [0.25, 0.3) is 5.91 Å². The number of hydrogen-bond acceptors (Lipinski definition) is 5. The van der Waals surface area contributed by atoms with Crippen LogP contribution in [0.25, 0.3) is 16.7 Å². The van der Waals surface area contributed by atoms with Gasteiger partial charge in [-0.2, -0.15) is 0 Å². The zero-order chi connectivity index (χ0) is 27.9. The van der Waals surface area contributed by atoms with Crippen LogP contribution in [-0.4, -0.2) is 64.8 Å². The smallest absolute Gasteiger partial charge is 0.317 e. The standard InChI is InChI=1S/C30H35ClN6O2/c1-5-21-17-26(25-11-10-22(18-27(25)31)23-9-8-14-32-19-23)29(38)37(7-3)28(21)35-20(4)34-24-12-15-36(16-13-24)30(39)33-6-2/h5,8-11,14,17-19,24,34H,4,6-7,12-13,15-16H2,1-3H3,(H,33,39)/b21-5-,35-28+. The average Bonchev–Trinajstić information content (AvgIpc) is 2.94. The van der Waals surface area contributed by atoms with Gasteiger partial charge < -0.3 is 15.5 Å². The molecular formula is C30H35ClN6O2. The van der Waals surface area contributed by atoms with E-state index < -0.39 is 0 Å². The third-order valence-electron chi connectivity index (χ3n) is 6.89. The van der Waals surface area contributed by atoms with E-state index in [1.807, 2.05) is 68.2 Å². The zero-order valence-corrected chi connectivity index (χ0v) is 23.5. The quantitative estimate of drug-likeness (QED) is 0.496. The molecule has 0 aliphatic carbocycles. The summed E-state index contributed by atoms with van der Waals surface area (Å²) in [5, 5.41) is 6.72. The lowest BCUT2D eigenvalue weighted by atomic mass is 9.95. The zero-order valence-electron chi connectivity index (χ0n) is 22.7. The Morgan fingerprint density at radius 1 is 1.23 bits per heavy atom.